The summed E-state index contributed by atoms with van der Waals surface area (Å²) in [6.45, 7) is 1.67. The van der Waals surface area contributed by atoms with Crippen LogP contribution in [0.5, 0.6) is 0 Å². The van der Waals surface area contributed by atoms with E-state index in [1.165, 1.54) is 0 Å². The van der Waals surface area contributed by atoms with Crippen LogP contribution >= 0.6 is 11.6 Å². The smallest absolute Gasteiger partial charge is 0.320 e. The van der Waals surface area contributed by atoms with Gasteiger partial charge >= 0.3 is 6.03 Å². The first-order valence-corrected chi connectivity index (χ1v) is 7.55. The summed E-state index contributed by atoms with van der Waals surface area (Å²) in [5.74, 6) is 0.546. The highest BCUT2D eigenvalue weighted by atomic mass is 35.5. The highest BCUT2D eigenvalue weighted by Gasteiger charge is 2.24. The van der Waals surface area contributed by atoms with E-state index in [0.29, 0.717) is 5.82 Å². The van der Waals surface area contributed by atoms with E-state index < -0.39 is 0 Å². The molecule has 22 heavy (non-hydrogen) atoms. The molecule has 2 heterocycles. The molecule has 2 aromatic rings. The van der Waals surface area contributed by atoms with E-state index in [4.69, 9.17) is 11.6 Å². The number of carbonyl (C=O) groups is 1. The maximum Gasteiger partial charge on any atom is 0.320 e. The van der Waals surface area contributed by atoms with Gasteiger partial charge in [0.25, 0.3) is 0 Å². The van der Waals surface area contributed by atoms with E-state index in [9.17, 15) is 4.79 Å². The van der Waals surface area contributed by atoms with Crippen molar-refractivity contribution in [3.63, 3.8) is 0 Å². The van der Waals surface area contributed by atoms with E-state index in [2.05, 4.69) is 20.6 Å². The molecule has 2 amide bonds. The Morgan fingerprint density at radius 3 is 3.00 bits per heavy atom. The Bertz CT molecular complexity index is 671. The van der Waals surface area contributed by atoms with Gasteiger partial charge in [-0.05, 0) is 24.6 Å². The Morgan fingerprint density at radius 2 is 2.27 bits per heavy atom. The van der Waals surface area contributed by atoms with Crippen molar-refractivity contribution in [2.24, 2.45) is 7.05 Å². The summed E-state index contributed by atoms with van der Waals surface area (Å²) in [7, 11) is 1.81. The van der Waals surface area contributed by atoms with Gasteiger partial charge in [-0.3, -0.25) is 10.00 Å². The first-order chi connectivity index (χ1) is 10.6. The number of urea groups is 1. The molecule has 6 nitrogen and oxygen atoms in total. The van der Waals surface area contributed by atoms with Crippen molar-refractivity contribution >= 4 is 29.1 Å². The molecular formula is C15H18ClN5O. The Hall–Kier alpha value is -2.21. The van der Waals surface area contributed by atoms with Crippen molar-refractivity contribution in [1.82, 2.24) is 15.1 Å². The van der Waals surface area contributed by atoms with Crippen molar-refractivity contribution in [3.05, 3.63) is 41.6 Å². The predicted molar refractivity (Wildman–Crippen MR) is 87.4 cm³/mol. The average Bonchev–Trinajstić information content (AvgIpc) is 3.08. The number of halogens is 1. The van der Waals surface area contributed by atoms with Crippen LogP contribution in [0.3, 0.4) is 0 Å². The van der Waals surface area contributed by atoms with Crippen LogP contribution in [0.4, 0.5) is 16.3 Å². The summed E-state index contributed by atoms with van der Waals surface area (Å²) in [4.78, 5) is 14.2. The number of benzene rings is 1. The average molecular weight is 320 g/mol. The van der Waals surface area contributed by atoms with Gasteiger partial charge in [0.1, 0.15) is 0 Å². The number of carbonyl (C=O) groups excluding carboxylic acids is 1. The molecule has 1 fully saturated rings. The van der Waals surface area contributed by atoms with Crippen LogP contribution in [0.1, 0.15) is 6.42 Å². The third-order valence-electron chi connectivity index (χ3n) is 3.65. The standard InChI is InChI=1S/C15H18ClN5O/c1-20-7-6-14(19-20)18-15(22)17-12-5-8-21(10-12)13-4-2-3-11(16)9-13/h2-4,6-7,9,12H,5,8,10H2,1H3,(H2,17,18,19,22)/t12-/m0/s1. The lowest BCUT2D eigenvalue weighted by molar-refractivity contribution is 0.249. The van der Waals surface area contributed by atoms with Gasteiger partial charge in [-0.2, -0.15) is 5.10 Å². The van der Waals surface area contributed by atoms with Crippen molar-refractivity contribution in [1.29, 1.82) is 0 Å². The van der Waals surface area contributed by atoms with Crippen LogP contribution < -0.4 is 15.5 Å². The largest absolute Gasteiger partial charge is 0.369 e. The topological polar surface area (TPSA) is 62.2 Å². The van der Waals surface area contributed by atoms with Gasteiger partial charge in [0, 0.05) is 49.2 Å². The molecule has 1 aromatic heterocycles. The van der Waals surface area contributed by atoms with Crippen molar-refractivity contribution in [2.45, 2.75) is 12.5 Å². The summed E-state index contributed by atoms with van der Waals surface area (Å²) in [6, 6.07) is 9.41. The zero-order valence-electron chi connectivity index (χ0n) is 12.3. The Labute approximate surface area is 134 Å². The second-order valence-corrected chi connectivity index (χ2v) is 5.82. The number of amides is 2. The van der Waals surface area contributed by atoms with Crippen LogP contribution in [0.25, 0.3) is 0 Å². The van der Waals surface area contributed by atoms with E-state index in [1.807, 2.05) is 31.3 Å². The molecule has 1 aromatic carbocycles. The number of hydrogen-bond acceptors (Lipinski definition) is 3. The second kappa shape index (κ2) is 6.27. The first-order valence-electron chi connectivity index (χ1n) is 7.18. The van der Waals surface area contributed by atoms with Crippen LogP contribution in [0.2, 0.25) is 5.02 Å². The molecule has 0 unspecified atom stereocenters. The number of rotatable bonds is 3. The molecule has 3 rings (SSSR count). The summed E-state index contributed by atoms with van der Waals surface area (Å²) in [5.41, 5.74) is 1.09. The van der Waals surface area contributed by atoms with E-state index >= 15 is 0 Å². The number of nitrogens with zero attached hydrogens (tertiary/aromatic N) is 3. The van der Waals surface area contributed by atoms with Gasteiger partial charge in [-0.1, -0.05) is 17.7 Å². The fraction of sp³-hybridized carbons (Fsp3) is 0.333. The molecule has 7 heteroatoms. The van der Waals surface area contributed by atoms with Crippen LogP contribution in [0.15, 0.2) is 36.5 Å². The third kappa shape index (κ3) is 3.51. The molecule has 0 bridgehead atoms. The molecule has 0 spiro atoms. The molecule has 2 N–H and O–H groups in total. The van der Waals surface area contributed by atoms with Crippen molar-refractivity contribution in [3.8, 4) is 0 Å². The quantitative estimate of drug-likeness (QED) is 0.913. The summed E-state index contributed by atoms with van der Waals surface area (Å²) in [5, 5.41) is 10.5. The molecule has 0 aliphatic carbocycles. The highest BCUT2D eigenvalue weighted by molar-refractivity contribution is 6.30. The van der Waals surface area contributed by atoms with E-state index in [1.54, 1.807) is 16.9 Å². The van der Waals surface area contributed by atoms with Crippen LogP contribution in [-0.4, -0.2) is 34.9 Å². The first kappa shape index (κ1) is 14.7. The third-order valence-corrected chi connectivity index (χ3v) is 3.89. The fourth-order valence-electron chi connectivity index (χ4n) is 2.60. The number of aromatic nitrogens is 2. The number of anilines is 2. The zero-order chi connectivity index (χ0) is 15.5. The SMILES string of the molecule is Cn1ccc(NC(=O)N[C@H]2CCN(c3cccc(Cl)c3)C2)n1. The van der Waals surface area contributed by atoms with Gasteiger partial charge in [0.15, 0.2) is 5.82 Å². The lowest BCUT2D eigenvalue weighted by Crippen LogP contribution is -2.39. The minimum atomic E-state index is -0.225. The number of nitrogens with one attached hydrogen (secondary N) is 2. The van der Waals surface area contributed by atoms with Gasteiger partial charge < -0.3 is 10.2 Å². The molecule has 1 saturated heterocycles. The van der Waals surface area contributed by atoms with Crippen molar-refractivity contribution < 1.29 is 4.79 Å². The van der Waals surface area contributed by atoms with Gasteiger partial charge in [-0.15, -0.1) is 0 Å². The predicted octanol–water partition coefficient (Wildman–Crippen LogP) is 2.47. The molecule has 116 valence electrons. The lowest BCUT2D eigenvalue weighted by atomic mass is 10.3. The fourth-order valence-corrected chi connectivity index (χ4v) is 2.79. The van der Waals surface area contributed by atoms with Crippen LogP contribution in [-0.2, 0) is 7.05 Å². The Balaban J connectivity index is 1.53. The van der Waals surface area contributed by atoms with Gasteiger partial charge in [-0.25, -0.2) is 4.79 Å². The molecular weight excluding hydrogens is 302 g/mol. The summed E-state index contributed by atoms with van der Waals surface area (Å²) >= 11 is 6.02. The summed E-state index contributed by atoms with van der Waals surface area (Å²) < 4.78 is 1.64. The Morgan fingerprint density at radius 1 is 1.41 bits per heavy atom. The zero-order valence-corrected chi connectivity index (χ0v) is 13.0. The Kier molecular flexibility index (Phi) is 4.20. The van der Waals surface area contributed by atoms with Crippen molar-refractivity contribution in [2.75, 3.05) is 23.3 Å². The van der Waals surface area contributed by atoms with Crippen LogP contribution in [0, 0.1) is 0 Å². The number of hydrogen-bond donors (Lipinski definition) is 2. The molecule has 0 radical (unpaired) electrons. The molecule has 1 atom stereocenters. The lowest BCUT2D eigenvalue weighted by Gasteiger charge is -2.19. The number of aryl methyl sites for hydroxylation is 1. The maximum atomic E-state index is 12.0. The molecule has 0 saturated carbocycles. The second-order valence-electron chi connectivity index (χ2n) is 5.38. The maximum absolute atomic E-state index is 12.0. The van der Waals surface area contributed by atoms with E-state index in [-0.39, 0.29) is 12.1 Å². The summed E-state index contributed by atoms with van der Waals surface area (Å²) in [6.07, 6.45) is 2.69. The molecule has 1 aliphatic heterocycles. The molecule has 1 aliphatic rings. The highest BCUT2D eigenvalue weighted by Crippen LogP contribution is 2.23. The normalized spacial score (nSPS) is 17.5. The minimum Gasteiger partial charge on any atom is -0.369 e. The minimum absolute atomic E-state index is 0.114. The van der Waals surface area contributed by atoms with Gasteiger partial charge in [0.05, 0.1) is 0 Å². The van der Waals surface area contributed by atoms with E-state index in [0.717, 1.165) is 30.2 Å². The van der Waals surface area contributed by atoms with Gasteiger partial charge in [0.2, 0.25) is 0 Å². The monoisotopic (exact) mass is 319 g/mol.